The van der Waals surface area contributed by atoms with E-state index in [0.717, 1.165) is 16.6 Å². The Labute approximate surface area is 114 Å². The molecule has 6 nitrogen and oxygen atoms in total. The first-order valence-electron chi connectivity index (χ1n) is 6.24. The highest BCUT2D eigenvalue weighted by atomic mass is 16.4. The first kappa shape index (κ1) is 12.3. The molecule has 0 aliphatic heterocycles. The lowest BCUT2D eigenvalue weighted by Crippen LogP contribution is -2.04. The van der Waals surface area contributed by atoms with Crippen molar-refractivity contribution in [1.29, 1.82) is 0 Å². The molecule has 1 aromatic carbocycles. The molecule has 0 unspecified atom stereocenters. The van der Waals surface area contributed by atoms with E-state index in [1.165, 1.54) is 0 Å². The minimum absolute atomic E-state index is 0.192. The Morgan fingerprint density at radius 1 is 1.30 bits per heavy atom. The molecule has 0 saturated carbocycles. The summed E-state index contributed by atoms with van der Waals surface area (Å²) in [5, 5.41) is 14.0. The van der Waals surface area contributed by atoms with Gasteiger partial charge in [-0.1, -0.05) is 13.0 Å². The SMILES string of the molecule is CCc1nc(C(=O)O)nn1-c1cccc2ncccc12. The lowest BCUT2D eigenvalue weighted by molar-refractivity contribution is 0.0683. The molecular formula is C14H12N4O2. The molecule has 0 aliphatic carbocycles. The zero-order valence-electron chi connectivity index (χ0n) is 10.8. The number of carbonyl (C=O) groups is 1. The summed E-state index contributed by atoms with van der Waals surface area (Å²) < 4.78 is 1.58. The quantitative estimate of drug-likeness (QED) is 0.786. The number of aromatic nitrogens is 4. The Morgan fingerprint density at radius 2 is 2.15 bits per heavy atom. The van der Waals surface area contributed by atoms with Gasteiger partial charge in [-0.2, -0.15) is 0 Å². The van der Waals surface area contributed by atoms with Crippen molar-refractivity contribution < 1.29 is 9.90 Å². The fourth-order valence-corrected chi connectivity index (χ4v) is 2.13. The number of fused-ring (bicyclic) bond motifs is 1. The van der Waals surface area contributed by atoms with Crippen LogP contribution in [0.4, 0.5) is 0 Å². The Balaban J connectivity index is 2.28. The van der Waals surface area contributed by atoms with Crippen LogP contribution in [0.5, 0.6) is 0 Å². The van der Waals surface area contributed by atoms with Gasteiger partial charge in [0.25, 0.3) is 5.82 Å². The van der Waals surface area contributed by atoms with E-state index in [9.17, 15) is 4.79 Å². The molecule has 20 heavy (non-hydrogen) atoms. The van der Waals surface area contributed by atoms with Crippen molar-refractivity contribution in [2.45, 2.75) is 13.3 Å². The van der Waals surface area contributed by atoms with E-state index in [1.54, 1.807) is 10.9 Å². The highest BCUT2D eigenvalue weighted by molar-refractivity contribution is 5.87. The monoisotopic (exact) mass is 268 g/mol. The van der Waals surface area contributed by atoms with Crippen molar-refractivity contribution >= 4 is 16.9 Å². The zero-order chi connectivity index (χ0) is 14.1. The van der Waals surface area contributed by atoms with E-state index < -0.39 is 5.97 Å². The molecule has 2 aromatic heterocycles. The van der Waals surface area contributed by atoms with Crippen molar-refractivity contribution in [2.24, 2.45) is 0 Å². The summed E-state index contributed by atoms with van der Waals surface area (Å²) in [5.41, 5.74) is 1.62. The van der Waals surface area contributed by atoms with Gasteiger partial charge in [-0.05, 0) is 24.3 Å². The van der Waals surface area contributed by atoms with Crippen LogP contribution in [-0.4, -0.2) is 30.8 Å². The van der Waals surface area contributed by atoms with Crippen LogP contribution in [0, 0.1) is 0 Å². The summed E-state index contributed by atoms with van der Waals surface area (Å²) in [7, 11) is 0. The van der Waals surface area contributed by atoms with Crippen LogP contribution < -0.4 is 0 Å². The number of rotatable bonds is 3. The molecule has 0 bridgehead atoms. The van der Waals surface area contributed by atoms with Gasteiger partial charge < -0.3 is 5.11 Å². The van der Waals surface area contributed by atoms with Crippen LogP contribution >= 0.6 is 0 Å². The van der Waals surface area contributed by atoms with Gasteiger partial charge in [-0.25, -0.2) is 14.5 Å². The van der Waals surface area contributed by atoms with Crippen molar-refractivity contribution in [1.82, 2.24) is 19.7 Å². The van der Waals surface area contributed by atoms with Crippen LogP contribution in [0.1, 0.15) is 23.4 Å². The van der Waals surface area contributed by atoms with Crippen molar-refractivity contribution in [2.75, 3.05) is 0 Å². The molecule has 0 saturated heterocycles. The summed E-state index contributed by atoms with van der Waals surface area (Å²) in [6.45, 7) is 1.91. The lowest BCUT2D eigenvalue weighted by Gasteiger charge is -2.07. The van der Waals surface area contributed by atoms with Gasteiger partial charge >= 0.3 is 5.97 Å². The molecule has 3 rings (SSSR count). The summed E-state index contributed by atoms with van der Waals surface area (Å²) >= 11 is 0. The average molecular weight is 268 g/mol. The second-order valence-corrected chi connectivity index (χ2v) is 4.27. The summed E-state index contributed by atoms with van der Waals surface area (Å²) in [6.07, 6.45) is 2.31. The molecule has 0 fully saturated rings. The molecule has 2 heterocycles. The average Bonchev–Trinajstić information content (AvgIpc) is 2.91. The van der Waals surface area contributed by atoms with E-state index >= 15 is 0 Å². The maximum Gasteiger partial charge on any atom is 0.375 e. The molecule has 6 heteroatoms. The van der Waals surface area contributed by atoms with Gasteiger partial charge in [0.1, 0.15) is 5.82 Å². The summed E-state index contributed by atoms with van der Waals surface area (Å²) in [6, 6.07) is 9.42. The van der Waals surface area contributed by atoms with E-state index in [1.807, 2.05) is 37.3 Å². The zero-order valence-corrected chi connectivity index (χ0v) is 10.8. The predicted octanol–water partition coefficient (Wildman–Crippen LogP) is 2.08. The van der Waals surface area contributed by atoms with E-state index in [0.29, 0.717) is 12.2 Å². The van der Waals surface area contributed by atoms with Crippen LogP contribution in [0.2, 0.25) is 0 Å². The number of pyridine rings is 1. The maximum absolute atomic E-state index is 11.0. The third kappa shape index (κ3) is 1.91. The third-order valence-electron chi connectivity index (χ3n) is 3.03. The standard InChI is InChI=1S/C14H12N4O2/c1-2-12-16-13(14(19)20)17-18(12)11-7-3-6-10-9(11)5-4-8-15-10/h3-8H,2H2,1H3,(H,19,20). The van der Waals surface area contributed by atoms with Crippen LogP contribution in [0.3, 0.4) is 0 Å². The van der Waals surface area contributed by atoms with E-state index in [4.69, 9.17) is 5.11 Å². The number of nitrogens with zero attached hydrogens (tertiary/aromatic N) is 4. The van der Waals surface area contributed by atoms with Crippen LogP contribution in [-0.2, 0) is 6.42 Å². The number of carboxylic acids is 1. The molecule has 3 aromatic rings. The Kier molecular flexibility index (Phi) is 2.90. The fraction of sp³-hybridized carbons (Fsp3) is 0.143. The van der Waals surface area contributed by atoms with Crippen LogP contribution in [0.25, 0.3) is 16.6 Å². The minimum atomic E-state index is -1.13. The summed E-state index contributed by atoms with van der Waals surface area (Å²) in [5.74, 6) is -0.710. The molecule has 1 N–H and O–H groups in total. The van der Waals surface area contributed by atoms with Crippen molar-refractivity contribution in [3.05, 3.63) is 48.2 Å². The molecule has 0 atom stereocenters. The van der Waals surface area contributed by atoms with Gasteiger partial charge in [-0.3, -0.25) is 4.98 Å². The smallest absolute Gasteiger partial charge is 0.375 e. The van der Waals surface area contributed by atoms with Crippen molar-refractivity contribution in [3.8, 4) is 5.69 Å². The Hall–Kier alpha value is -2.76. The summed E-state index contributed by atoms with van der Waals surface area (Å²) in [4.78, 5) is 19.4. The fourth-order valence-electron chi connectivity index (χ4n) is 2.13. The Bertz CT molecular complexity index is 789. The largest absolute Gasteiger partial charge is 0.475 e. The maximum atomic E-state index is 11.0. The number of aromatic carboxylic acids is 1. The van der Waals surface area contributed by atoms with Gasteiger partial charge in [0.15, 0.2) is 0 Å². The lowest BCUT2D eigenvalue weighted by atomic mass is 10.2. The highest BCUT2D eigenvalue weighted by Crippen LogP contribution is 2.21. The Morgan fingerprint density at radius 3 is 2.90 bits per heavy atom. The first-order chi connectivity index (χ1) is 9.70. The number of hydrogen-bond acceptors (Lipinski definition) is 4. The first-order valence-corrected chi connectivity index (χ1v) is 6.24. The topological polar surface area (TPSA) is 80.9 Å². The van der Waals surface area contributed by atoms with Crippen LogP contribution in [0.15, 0.2) is 36.5 Å². The minimum Gasteiger partial charge on any atom is -0.475 e. The third-order valence-corrected chi connectivity index (χ3v) is 3.03. The second kappa shape index (κ2) is 4.73. The normalized spacial score (nSPS) is 10.8. The molecule has 0 aliphatic rings. The number of hydrogen-bond donors (Lipinski definition) is 1. The van der Waals surface area contributed by atoms with Gasteiger partial charge in [0.05, 0.1) is 11.2 Å². The highest BCUT2D eigenvalue weighted by Gasteiger charge is 2.16. The molecule has 0 spiro atoms. The molecular weight excluding hydrogens is 256 g/mol. The molecule has 0 radical (unpaired) electrons. The molecule has 0 amide bonds. The van der Waals surface area contributed by atoms with Gasteiger partial charge in [0.2, 0.25) is 0 Å². The number of benzene rings is 1. The second-order valence-electron chi connectivity index (χ2n) is 4.27. The van der Waals surface area contributed by atoms with E-state index in [2.05, 4.69) is 15.1 Å². The van der Waals surface area contributed by atoms with Gasteiger partial charge in [0, 0.05) is 18.0 Å². The van der Waals surface area contributed by atoms with Gasteiger partial charge in [-0.15, -0.1) is 5.10 Å². The number of carboxylic acid groups (broad SMARTS) is 1. The predicted molar refractivity (Wildman–Crippen MR) is 73.0 cm³/mol. The van der Waals surface area contributed by atoms with Crippen molar-refractivity contribution in [3.63, 3.8) is 0 Å². The molecule has 100 valence electrons. The van der Waals surface area contributed by atoms with E-state index in [-0.39, 0.29) is 5.82 Å². The number of aryl methyl sites for hydroxylation is 1.